The van der Waals surface area contributed by atoms with E-state index in [1.807, 2.05) is 0 Å². The molecule has 8 heteroatoms. The summed E-state index contributed by atoms with van der Waals surface area (Å²) in [5.41, 5.74) is -0.0594. The van der Waals surface area contributed by atoms with Gasteiger partial charge in [-0.15, -0.1) is 13.2 Å². The van der Waals surface area contributed by atoms with Crippen LogP contribution in [-0.2, 0) is 6.30 Å². The van der Waals surface area contributed by atoms with E-state index in [0.29, 0.717) is 6.20 Å². The first kappa shape index (κ1) is 13.4. The third-order valence-electron chi connectivity index (χ3n) is 2.00. The molecule has 0 N–H and O–H groups in total. The normalized spacial score (nSPS) is 11.0. The summed E-state index contributed by atoms with van der Waals surface area (Å²) >= 11 is 5.45. The molecule has 2 heterocycles. The van der Waals surface area contributed by atoms with Crippen molar-refractivity contribution in [2.45, 2.75) is 6.30 Å². The fourth-order valence-electron chi connectivity index (χ4n) is 1.16. The molecule has 0 unspecified atom stereocenters. The number of nitrogens with zero attached hydrogens (tertiary/aromatic N) is 3. The molecule has 0 saturated heterocycles. The topological polar surface area (TPSA) is 30.7 Å². The van der Waals surface area contributed by atoms with Crippen LogP contribution in [-0.4, -0.2) is 14.8 Å². The van der Waals surface area contributed by atoms with Crippen LogP contribution in [0.25, 0.3) is 0 Å². The Kier molecular flexibility index (Phi) is 3.44. The molecule has 0 spiro atoms. The van der Waals surface area contributed by atoms with Crippen LogP contribution in [0, 0.1) is 17.7 Å². The molecule has 19 heavy (non-hydrogen) atoms. The lowest BCUT2D eigenvalue weighted by atomic mass is 10.2. The van der Waals surface area contributed by atoms with Gasteiger partial charge in [0.05, 0.1) is 17.3 Å². The monoisotopic (exact) mass is 289 g/mol. The van der Waals surface area contributed by atoms with Crippen LogP contribution in [0.1, 0.15) is 11.1 Å². The van der Waals surface area contributed by atoms with Gasteiger partial charge in [-0.05, 0) is 0 Å². The molecule has 0 fully saturated rings. The van der Waals surface area contributed by atoms with Crippen LogP contribution >= 0.6 is 11.6 Å². The number of hydrogen-bond acceptors (Lipinski definition) is 2. The summed E-state index contributed by atoms with van der Waals surface area (Å²) in [5.74, 6) is 4.01. The van der Waals surface area contributed by atoms with Crippen molar-refractivity contribution in [1.82, 2.24) is 14.8 Å². The first-order chi connectivity index (χ1) is 8.86. The molecule has 0 aliphatic rings. The van der Waals surface area contributed by atoms with E-state index in [4.69, 9.17) is 11.6 Å². The van der Waals surface area contributed by atoms with Crippen molar-refractivity contribution in [2.75, 3.05) is 0 Å². The summed E-state index contributed by atoms with van der Waals surface area (Å²) in [4.78, 5) is 3.62. The highest BCUT2D eigenvalue weighted by molar-refractivity contribution is 6.29. The number of halogens is 5. The van der Waals surface area contributed by atoms with E-state index in [-0.39, 0.29) is 21.0 Å². The van der Waals surface area contributed by atoms with Gasteiger partial charge >= 0.3 is 6.30 Å². The fraction of sp³-hybridized carbons (Fsp3) is 0.0909. The Morgan fingerprint density at radius 2 is 1.95 bits per heavy atom. The van der Waals surface area contributed by atoms with Crippen LogP contribution in [0.2, 0.25) is 5.15 Å². The van der Waals surface area contributed by atoms with E-state index in [1.54, 1.807) is 0 Å². The number of pyridine rings is 1. The summed E-state index contributed by atoms with van der Waals surface area (Å²) in [6.07, 6.45) is -1.87. The van der Waals surface area contributed by atoms with E-state index >= 15 is 0 Å². The van der Waals surface area contributed by atoms with E-state index in [2.05, 4.69) is 21.9 Å². The highest BCUT2D eigenvalue weighted by Gasteiger charge is 2.31. The summed E-state index contributed by atoms with van der Waals surface area (Å²) in [6.45, 7) is 0. The molecule has 2 rings (SSSR count). The highest BCUT2D eigenvalue weighted by atomic mass is 35.5. The Hall–Kier alpha value is -2.07. The number of aromatic nitrogens is 3. The first-order valence-electron chi connectivity index (χ1n) is 4.81. The molecule has 98 valence electrons. The molecule has 0 aromatic carbocycles. The van der Waals surface area contributed by atoms with Gasteiger partial charge in [-0.3, -0.25) is 0 Å². The van der Waals surface area contributed by atoms with Gasteiger partial charge < -0.3 is 0 Å². The third kappa shape index (κ3) is 3.23. The number of hydrogen-bond donors (Lipinski definition) is 0. The van der Waals surface area contributed by atoms with E-state index < -0.39 is 12.1 Å². The van der Waals surface area contributed by atoms with Crippen LogP contribution in [0.15, 0.2) is 24.7 Å². The molecular formula is C11H4ClF4N3. The Bertz CT molecular complexity index is 667. The predicted octanol–water partition coefficient (Wildman–Crippen LogP) is 2.95. The lowest BCUT2D eigenvalue weighted by molar-refractivity contribution is -0.212. The third-order valence-corrected chi connectivity index (χ3v) is 2.21. The van der Waals surface area contributed by atoms with Gasteiger partial charge in [0.1, 0.15) is 11.0 Å². The molecule has 0 saturated carbocycles. The standard InChI is InChI=1S/C11H4ClF4N3/c12-10-3-9(13)8(5-17-10)2-1-7-4-18-19(6-7)11(14,15)16/h3-6H. The minimum atomic E-state index is -4.60. The lowest BCUT2D eigenvalue weighted by Crippen LogP contribution is -2.16. The SMILES string of the molecule is Fc1cc(Cl)ncc1C#Cc1cnn(C(F)(F)F)c1. The zero-order chi connectivity index (χ0) is 14.0. The summed E-state index contributed by atoms with van der Waals surface area (Å²) in [6, 6.07) is 0.963. The Morgan fingerprint density at radius 3 is 2.53 bits per heavy atom. The largest absolute Gasteiger partial charge is 0.504 e. The molecule has 0 radical (unpaired) electrons. The maximum Gasteiger partial charge on any atom is 0.504 e. The molecule has 0 atom stereocenters. The molecule has 2 aromatic rings. The van der Waals surface area contributed by atoms with Crippen LogP contribution in [0.3, 0.4) is 0 Å². The van der Waals surface area contributed by atoms with Crippen molar-refractivity contribution in [2.24, 2.45) is 0 Å². The van der Waals surface area contributed by atoms with E-state index in [1.165, 1.54) is 0 Å². The van der Waals surface area contributed by atoms with E-state index in [0.717, 1.165) is 18.5 Å². The van der Waals surface area contributed by atoms with Crippen LogP contribution in [0.4, 0.5) is 17.6 Å². The molecule has 0 bridgehead atoms. The maximum absolute atomic E-state index is 13.3. The molecular weight excluding hydrogens is 286 g/mol. The summed E-state index contributed by atoms with van der Waals surface area (Å²) in [7, 11) is 0. The second-order valence-electron chi connectivity index (χ2n) is 3.38. The smallest absolute Gasteiger partial charge is 0.243 e. The average Bonchev–Trinajstić information content (AvgIpc) is 2.76. The molecule has 0 aliphatic heterocycles. The molecule has 3 nitrogen and oxygen atoms in total. The van der Waals surface area contributed by atoms with Gasteiger partial charge in [0, 0.05) is 18.5 Å². The van der Waals surface area contributed by atoms with Crippen molar-refractivity contribution < 1.29 is 17.6 Å². The van der Waals surface area contributed by atoms with Gasteiger partial charge in [0.25, 0.3) is 0 Å². The predicted molar refractivity (Wildman–Crippen MR) is 58.7 cm³/mol. The average molecular weight is 290 g/mol. The first-order valence-corrected chi connectivity index (χ1v) is 5.19. The van der Waals surface area contributed by atoms with Crippen molar-refractivity contribution in [3.63, 3.8) is 0 Å². The molecule has 2 aromatic heterocycles. The van der Waals surface area contributed by atoms with Crippen molar-refractivity contribution in [1.29, 1.82) is 0 Å². The number of alkyl halides is 3. The van der Waals surface area contributed by atoms with Gasteiger partial charge in [-0.1, -0.05) is 23.4 Å². The van der Waals surface area contributed by atoms with Gasteiger partial charge in [-0.25, -0.2) is 9.37 Å². The zero-order valence-corrected chi connectivity index (χ0v) is 9.80. The molecule has 0 aliphatic carbocycles. The van der Waals surface area contributed by atoms with Crippen molar-refractivity contribution in [3.05, 3.63) is 46.8 Å². The van der Waals surface area contributed by atoms with Crippen molar-refractivity contribution >= 4 is 11.6 Å². The number of rotatable bonds is 0. The lowest BCUT2D eigenvalue weighted by Gasteiger charge is -2.03. The summed E-state index contributed by atoms with van der Waals surface area (Å²) in [5, 5.41) is 3.06. The van der Waals surface area contributed by atoms with Gasteiger partial charge in [0.15, 0.2) is 0 Å². The Balaban J connectivity index is 2.27. The Labute approximate surface area is 109 Å². The van der Waals surface area contributed by atoms with E-state index in [9.17, 15) is 17.6 Å². The van der Waals surface area contributed by atoms with Crippen molar-refractivity contribution in [3.8, 4) is 11.8 Å². The van der Waals surface area contributed by atoms with Crippen LogP contribution in [0.5, 0.6) is 0 Å². The maximum atomic E-state index is 13.3. The zero-order valence-electron chi connectivity index (χ0n) is 9.04. The minimum absolute atomic E-state index is 0.00618. The highest BCUT2D eigenvalue weighted by Crippen LogP contribution is 2.20. The fourth-order valence-corrected chi connectivity index (χ4v) is 1.31. The second-order valence-corrected chi connectivity index (χ2v) is 3.77. The summed E-state index contributed by atoms with van der Waals surface area (Å²) < 4.78 is 49.9. The Morgan fingerprint density at radius 1 is 1.21 bits per heavy atom. The second kappa shape index (κ2) is 4.90. The minimum Gasteiger partial charge on any atom is -0.243 e. The van der Waals surface area contributed by atoms with Gasteiger partial charge in [0.2, 0.25) is 0 Å². The molecule has 0 amide bonds. The van der Waals surface area contributed by atoms with Gasteiger partial charge in [-0.2, -0.15) is 9.78 Å². The van der Waals surface area contributed by atoms with Crippen LogP contribution < -0.4 is 0 Å². The quantitative estimate of drug-likeness (QED) is 0.424.